The first-order chi connectivity index (χ1) is 9.92. The fourth-order valence-corrected chi connectivity index (χ4v) is 1.98. The van der Waals surface area contributed by atoms with Crippen molar-refractivity contribution in [2.75, 3.05) is 13.7 Å². The lowest BCUT2D eigenvalue weighted by atomic mass is 9.93. The van der Waals surface area contributed by atoms with Gasteiger partial charge in [-0.25, -0.2) is 0 Å². The third kappa shape index (κ3) is 3.69. The molecule has 0 saturated carbocycles. The van der Waals surface area contributed by atoms with Crippen LogP contribution >= 0.6 is 0 Å². The molecule has 0 aromatic heterocycles. The van der Waals surface area contributed by atoms with Gasteiger partial charge in [0, 0.05) is 6.07 Å². The number of carbonyl (C=O) groups excluding carboxylic acids is 1. The second kappa shape index (κ2) is 7.03. The van der Waals surface area contributed by atoms with Gasteiger partial charge in [0.25, 0.3) is 11.6 Å². The Balaban J connectivity index is 3.10. The van der Waals surface area contributed by atoms with Crippen LogP contribution in [-0.2, 0) is 0 Å². The first-order valence-electron chi connectivity index (χ1n) is 6.68. The van der Waals surface area contributed by atoms with Crippen LogP contribution in [-0.4, -0.2) is 35.2 Å². The van der Waals surface area contributed by atoms with Crippen LogP contribution in [0, 0.1) is 10.1 Å². The Morgan fingerprint density at radius 3 is 2.48 bits per heavy atom. The Labute approximate surface area is 123 Å². The van der Waals surface area contributed by atoms with E-state index in [2.05, 4.69) is 5.32 Å². The van der Waals surface area contributed by atoms with Crippen molar-refractivity contribution in [3.8, 4) is 5.75 Å². The number of non-ortho nitro benzene ring substituents is 1. The number of hydrogen-bond acceptors (Lipinski definition) is 5. The van der Waals surface area contributed by atoms with Gasteiger partial charge >= 0.3 is 0 Å². The van der Waals surface area contributed by atoms with Crippen molar-refractivity contribution in [1.29, 1.82) is 0 Å². The van der Waals surface area contributed by atoms with E-state index in [0.29, 0.717) is 12.8 Å². The van der Waals surface area contributed by atoms with Gasteiger partial charge in [-0.1, -0.05) is 13.8 Å². The summed E-state index contributed by atoms with van der Waals surface area (Å²) >= 11 is 0. The number of benzene rings is 1. The van der Waals surface area contributed by atoms with Crippen LogP contribution in [0.25, 0.3) is 0 Å². The molecule has 0 aliphatic heterocycles. The predicted octanol–water partition coefficient (Wildman–Crippen LogP) is 1.88. The number of methoxy groups -OCH3 is 1. The van der Waals surface area contributed by atoms with Gasteiger partial charge in [0.2, 0.25) is 0 Å². The van der Waals surface area contributed by atoms with Gasteiger partial charge in [-0.15, -0.1) is 0 Å². The molecule has 7 nitrogen and oxygen atoms in total. The van der Waals surface area contributed by atoms with Crippen molar-refractivity contribution < 1.29 is 19.6 Å². The van der Waals surface area contributed by atoms with Crippen molar-refractivity contribution in [3.63, 3.8) is 0 Å². The normalized spacial score (nSPS) is 11.0. The van der Waals surface area contributed by atoms with Crippen LogP contribution in [0.3, 0.4) is 0 Å². The summed E-state index contributed by atoms with van der Waals surface area (Å²) in [5, 5.41) is 23.0. The molecule has 1 aromatic rings. The van der Waals surface area contributed by atoms with E-state index in [0.717, 1.165) is 0 Å². The minimum Gasteiger partial charge on any atom is -0.496 e. The Morgan fingerprint density at radius 1 is 1.43 bits per heavy atom. The maximum absolute atomic E-state index is 12.3. The Morgan fingerprint density at radius 2 is 2.05 bits per heavy atom. The van der Waals surface area contributed by atoms with Crippen LogP contribution in [0.2, 0.25) is 0 Å². The highest BCUT2D eigenvalue weighted by atomic mass is 16.6. The van der Waals surface area contributed by atoms with Crippen LogP contribution in [0.1, 0.15) is 37.0 Å². The summed E-state index contributed by atoms with van der Waals surface area (Å²) in [6, 6.07) is 3.79. The molecule has 0 radical (unpaired) electrons. The Bertz CT molecular complexity index is 518. The van der Waals surface area contributed by atoms with E-state index in [-0.39, 0.29) is 23.6 Å². The molecular weight excluding hydrogens is 276 g/mol. The minimum atomic E-state index is -0.704. The van der Waals surface area contributed by atoms with Crippen LogP contribution in [0.4, 0.5) is 5.69 Å². The molecule has 1 amide bonds. The number of nitro groups is 1. The minimum absolute atomic E-state index is 0.126. The standard InChI is InChI=1S/C14H20N2O5/c1-4-14(5-2,9-17)15-13(18)11-7-6-10(16(19)20)8-12(11)21-3/h6-8,17H,4-5,9H2,1-3H3,(H,15,18). The number of nitrogens with zero attached hydrogens (tertiary/aromatic N) is 1. The maximum Gasteiger partial charge on any atom is 0.273 e. The third-order valence-electron chi connectivity index (χ3n) is 3.68. The van der Waals surface area contributed by atoms with Gasteiger partial charge in [-0.3, -0.25) is 14.9 Å². The van der Waals surface area contributed by atoms with Crippen molar-refractivity contribution in [3.05, 3.63) is 33.9 Å². The van der Waals surface area contributed by atoms with Crippen molar-refractivity contribution in [2.45, 2.75) is 32.2 Å². The molecule has 116 valence electrons. The van der Waals surface area contributed by atoms with Gasteiger partial charge in [0.1, 0.15) is 5.75 Å². The first kappa shape index (κ1) is 16.9. The van der Waals surface area contributed by atoms with Crippen LogP contribution < -0.4 is 10.1 Å². The fraction of sp³-hybridized carbons (Fsp3) is 0.500. The lowest BCUT2D eigenvalue weighted by Crippen LogP contribution is -2.50. The van der Waals surface area contributed by atoms with Crippen LogP contribution in [0.15, 0.2) is 18.2 Å². The summed E-state index contributed by atoms with van der Waals surface area (Å²) in [5.74, 6) is -0.305. The topological polar surface area (TPSA) is 102 Å². The quantitative estimate of drug-likeness (QED) is 0.591. The Kier molecular flexibility index (Phi) is 5.66. The molecule has 21 heavy (non-hydrogen) atoms. The molecule has 0 fully saturated rings. The highest BCUT2D eigenvalue weighted by molar-refractivity contribution is 5.97. The Hall–Kier alpha value is -2.15. The number of amides is 1. The lowest BCUT2D eigenvalue weighted by Gasteiger charge is -2.30. The molecule has 0 aliphatic rings. The molecule has 0 heterocycles. The average molecular weight is 296 g/mol. The molecular formula is C14H20N2O5. The number of hydrogen-bond donors (Lipinski definition) is 2. The van der Waals surface area contributed by atoms with Crippen molar-refractivity contribution in [1.82, 2.24) is 5.32 Å². The van der Waals surface area contributed by atoms with E-state index in [1.807, 2.05) is 13.8 Å². The van der Waals surface area contributed by atoms with Crippen molar-refractivity contribution in [2.24, 2.45) is 0 Å². The largest absolute Gasteiger partial charge is 0.496 e. The summed E-state index contributed by atoms with van der Waals surface area (Å²) < 4.78 is 5.04. The molecule has 1 rings (SSSR count). The summed E-state index contributed by atoms with van der Waals surface area (Å²) in [6.07, 6.45) is 1.14. The van der Waals surface area contributed by atoms with E-state index in [1.165, 1.54) is 25.3 Å². The number of nitrogens with one attached hydrogen (secondary N) is 1. The highest BCUT2D eigenvalue weighted by Crippen LogP contribution is 2.25. The van der Waals surface area contributed by atoms with Gasteiger partial charge in [-0.2, -0.15) is 0 Å². The summed E-state index contributed by atoms with van der Waals surface area (Å²) in [6.45, 7) is 3.56. The molecule has 0 unspecified atom stereocenters. The summed E-state index contributed by atoms with van der Waals surface area (Å²) in [5.41, 5.74) is -0.658. The van der Waals surface area contributed by atoms with E-state index < -0.39 is 16.4 Å². The highest BCUT2D eigenvalue weighted by Gasteiger charge is 2.29. The molecule has 1 aromatic carbocycles. The molecule has 7 heteroatoms. The zero-order valence-corrected chi connectivity index (χ0v) is 12.4. The number of aliphatic hydroxyl groups is 1. The molecule has 0 bridgehead atoms. The van der Waals surface area contributed by atoms with Gasteiger partial charge in [-0.05, 0) is 18.9 Å². The van der Waals surface area contributed by atoms with Gasteiger partial charge < -0.3 is 15.2 Å². The first-order valence-corrected chi connectivity index (χ1v) is 6.68. The number of aliphatic hydroxyl groups excluding tert-OH is 1. The summed E-state index contributed by atoms with van der Waals surface area (Å²) in [4.78, 5) is 22.5. The van der Waals surface area contributed by atoms with Gasteiger partial charge in [0.15, 0.2) is 0 Å². The van der Waals surface area contributed by atoms with E-state index in [4.69, 9.17) is 4.74 Å². The SMILES string of the molecule is CCC(CC)(CO)NC(=O)c1ccc([N+](=O)[O-])cc1OC. The second-order valence-electron chi connectivity index (χ2n) is 4.74. The smallest absolute Gasteiger partial charge is 0.273 e. The lowest BCUT2D eigenvalue weighted by molar-refractivity contribution is -0.384. The third-order valence-corrected chi connectivity index (χ3v) is 3.68. The zero-order valence-electron chi connectivity index (χ0n) is 12.4. The van der Waals surface area contributed by atoms with E-state index in [9.17, 15) is 20.0 Å². The molecule has 0 spiro atoms. The zero-order chi connectivity index (χ0) is 16.0. The molecule has 2 N–H and O–H groups in total. The number of ether oxygens (including phenoxy) is 1. The summed E-state index contributed by atoms with van der Waals surface area (Å²) in [7, 11) is 1.34. The van der Waals surface area contributed by atoms with E-state index >= 15 is 0 Å². The monoisotopic (exact) mass is 296 g/mol. The maximum atomic E-state index is 12.3. The predicted molar refractivity (Wildman–Crippen MR) is 77.5 cm³/mol. The average Bonchev–Trinajstić information content (AvgIpc) is 2.51. The van der Waals surface area contributed by atoms with Gasteiger partial charge in [0.05, 0.1) is 35.8 Å². The number of rotatable bonds is 7. The van der Waals surface area contributed by atoms with Crippen LogP contribution in [0.5, 0.6) is 5.75 Å². The molecule has 0 saturated heterocycles. The second-order valence-corrected chi connectivity index (χ2v) is 4.74. The number of carbonyl (C=O) groups is 1. The molecule has 0 aliphatic carbocycles. The fourth-order valence-electron chi connectivity index (χ4n) is 1.98. The number of nitro benzene ring substituents is 1. The van der Waals surface area contributed by atoms with Crippen molar-refractivity contribution >= 4 is 11.6 Å². The molecule has 0 atom stereocenters. The van der Waals surface area contributed by atoms with E-state index in [1.54, 1.807) is 0 Å².